The maximum Gasteiger partial charge on any atom is 5.00 e. The minimum Gasteiger partial charge on any atom is -2.00 e. The van der Waals surface area contributed by atoms with Crippen LogP contribution < -0.4 is 5.11 Å². The Hall–Kier alpha value is -0.0906. The standard InChI is InChI=1S/C25H35Cl2N3O2S2.O.Tc/c1-2-23(31)25-19(17-4-6-20(26)21(27)14-17)15-18-5-7-22(25)30(18)10-3-9-29(11-13-34)16-24(32)28-8-12-33;;/h4,6,14,18,22,33-34H,2-3,5,7-13,15-16H2,1H3,(H,28,32);;/q;-2;+5/p-3. The van der Waals surface area contributed by atoms with Gasteiger partial charge in [-0.2, -0.15) is 11.5 Å². The number of carbonyl (C=O) groups excluding carboxylic acids is 1. The van der Waals surface area contributed by atoms with Crippen LogP contribution in [0.15, 0.2) is 28.8 Å². The van der Waals surface area contributed by atoms with E-state index in [4.69, 9.17) is 48.5 Å². The van der Waals surface area contributed by atoms with Gasteiger partial charge in [0.25, 0.3) is 0 Å². The first-order chi connectivity index (χ1) is 16.4. The predicted molar refractivity (Wildman–Crippen MR) is 145 cm³/mol. The fourth-order valence-corrected chi connectivity index (χ4v) is 5.79. The van der Waals surface area contributed by atoms with Crippen molar-refractivity contribution < 1.29 is 35.5 Å². The predicted octanol–water partition coefficient (Wildman–Crippen LogP) is 3.39. The van der Waals surface area contributed by atoms with Gasteiger partial charge in [-0.1, -0.05) is 36.2 Å². The smallest absolute Gasteiger partial charge is 2.00 e. The number of aliphatic imine (C=N–C) groups is 1. The second-order valence-corrected chi connectivity index (χ2v) is 10.4. The fraction of sp³-hybridized carbons (Fsp3) is 0.600. The molecule has 0 spiro atoms. The van der Waals surface area contributed by atoms with Crippen LogP contribution in [0, 0.1) is 0 Å². The van der Waals surface area contributed by atoms with E-state index in [1.807, 2.05) is 25.1 Å². The second kappa shape index (κ2) is 16.8. The zero-order valence-electron chi connectivity index (χ0n) is 20.4. The summed E-state index contributed by atoms with van der Waals surface area (Å²) in [6.07, 6.45) is 4.29. The van der Waals surface area contributed by atoms with E-state index in [9.17, 15) is 9.90 Å². The molecular weight excluding hydrogens is 623 g/mol. The second-order valence-electron chi connectivity index (χ2n) is 8.80. The number of Topliss-reactive ketones (excluding diaryl/α,β-unsaturated/α-hetero) is 1. The van der Waals surface area contributed by atoms with E-state index in [2.05, 4.69) is 14.8 Å². The summed E-state index contributed by atoms with van der Waals surface area (Å²) in [7, 11) is 0. The van der Waals surface area contributed by atoms with Crippen molar-refractivity contribution >= 4 is 65.7 Å². The summed E-state index contributed by atoms with van der Waals surface area (Å²) in [4.78, 5) is 21.7. The van der Waals surface area contributed by atoms with Crippen LogP contribution in [0.5, 0.6) is 0 Å². The molecule has 2 aliphatic heterocycles. The van der Waals surface area contributed by atoms with Crippen molar-refractivity contribution in [2.45, 2.75) is 51.1 Å². The Morgan fingerprint density at radius 2 is 1.94 bits per heavy atom. The van der Waals surface area contributed by atoms with Crippen LogP contribution in [0.25, 0.3) is 5.57 Å². The molecule has 0 radical (unpaired) electrons. The molecular formula is C25H32Cl2N3O3S2Tc. The molecule has 36 heavy (non-hydrogen) atoms. The van der Waals surface area contributed by atoms with Crippen molar-refractivity contribution in [1.82, 2.24) is 9.80 Å². The molecule has 0 saturated carbocycles. The van der Waals surface area contributed by atoms with Crippen LogP contribution in [-0.4, -0.2) is 77.8 Å². The number of carbonyl (C=O) groups is 1. The Morgan fingerprint density at radius 3 is 2.58 bits per heavy atom. The third-order valence-electron chi connectivity index (χ3n) is 6.67. The molecule has 6 nitrogen and oxygen atoms in total. The summed E-state index contributed by atoms with van der Waals surface area (Å²) in [6.45, 7) is 4.97. The molecule has 0 aromatic heterocycles. The number of hydrogen-bond acceptors (Lipinski definition) is 7. The van der Waals surface area contributed by atoms with E-state index in [-0.39, 0.29) is 43.3 Å². The summed E-state index contributed by atoms with van der Waals surface area (Å²) >= 11 is 22.5. The maximum absolute atomic E-state index is 13.1. The summed E-state index contributed by atoms with van der Waals surface area (Å²) in [5.74, 6) is 1.12. The van der Waals surface area contributed by atoms with Crippen molar-refractivity contribution in [2.75, 3.05) is 44.2 Å². The van der Waals surface area contributed by atoms with Crippen LogP contribution in [0.4, 0.5) is 0 Å². The van der Waals surface area contributed by atoms with E-state index >= 15 is 0 Å². The summed E-state index contributed by atoms with van der Waals surface area (Å²) in [5.41, 5.74) is 3.06. The normalized spacial score (nSPS) is 19.9. The van der Waals surface area contributed by atoms with E-state index in [0.717, 1.165) is 55.5 Å². The van der Waals surface area contributed by atoms with Crippen molar-refractivity contribution in [1.29, 1.82) is 0 Å². The van der Waals surface area contributed by atoms with E-state index in [1.165, 1.54) is 0 Å². The van der Waals surface area contributed by atoms with Gasteiger partial charge >= 0.3 is 20.1 Å². The molecule has 2 atom stereocenters. The van der Waals surface area contributed by atoms with Crippen molar-refractivity contribution in [3.8, 4) is 0 Å². The van der Waals surface area contributed by atoms with Gasteiger partial charge in [-0.25, -0.2) is 0 Å². The largest absolute Gasteiger partial charge is 5.00 e. The molecule has 2 bridgehead atoms. The Labute approximate surface area is 249 Å². The Morgan fingerprint density at radius 1 is 1.19 bits per heavy atom. The molecule has 1 fully saturated rings. The maximum atomic E-state index is 13.1. The van der Waals surface area contributed by atoms with Crippen LogP contribution in [0.1, 0.15) is 44.6 Å². The quantitative estimate of drug-likeness (QED) is 0.184. The molecule has 0 amide bonds. The van der Waals surface area contributed by atoms with Crippen LogP contribution in [0.3, 0.4) is 0 Å². The molecule has 2 unspecified atom stereocenters. The number of nitrogens with zero attached hydrogens (tertiary/aromatic N) is 3. The van der Waals surface area contributed by atoms with Crippen LogP contribution >= 0.6 is 23.2 Å². The molecule has 198 valence electrons. The molecule has 0 N–H and O–H groups in total. The molecule has 11 heteroatoms. The van der Waals surface area contributed by atoms with Gasteiger partial charge < -0.3 is 45.7 Å². The molecule has 0 aliphatic carbocycles. The fourth-order valence-electron chi connectivity index (χ4n) is 5.14. The first-order valence-corrected chi connectivity index (χ1v) is 13.9. The van der Waals surface area contributed by atoms with Gasteiger partial charge in [0, 0.05) is 43.7 Å². The van der Waals surface area contributed by atoms with Gasteiger partial charge in [0.05, 0.1) is 10.0 Å². The first kappa shape index (κ1) is 33.9. The summed E-state index contributed by atoms with van der Waals surface area (Å²) < 4.78 is 0. The van der Waals surface area contributed by atoms with E-state index in [0.29, 0.717) is 53.6 Å². The van der Waals surface area contributed by atoms with Crippen LogP contribution in [0.2, 0.25) is 10.0 Å². The average Bonchev–Trinajstić information content (AvgIpc) is 3.09. The molecule has 3 rings (SSSR count). The SMILES string of the molecule is CCC(=O)C1=C(c2ccc(Cl)c(Cl)c2)CC2CCC1N2CCCN(CC[S-])CC([O-])=NCC[S-].[O-2].[Tc+5]. The molecule has 2 heterocycles. The summed E-state index contributed by atoms with van der Waals surface area (Å²) in [6, 6.07) is 6.20. The third-order valence-corrected chi connectivity index (χ3v) is 7.77. The monoisotopic (exact) mass is 653 g/mol. The molecule has 2 aliphatic rings. The number of rotatable bonds is 13. The van der Waals surface area contributed by atoms with Gasteiger partial charge in [0.2, 0.25) is 0 Å². The number of hydrogen-bond donors (Lipinski definition) is 0. The number of halogens is 2. The minimum atomic E-state index is -0.128. The molecule has 1 saturated heterocycles. The molecule has 1 aromatic carbocycles. The Kier molecular flexibility index (Phi) is 15.8. The van der Waals surface area contributed by atoms with Gasteiger partial charge in [-0.3, -0.25) is 9.69 Å². The van der Waals surface area contributed by atoms with Crippen molar-refractivity contribution in [3.63, 3.8) is 0 Å². The minimum absolute atomic E-state index is 0. The average molecular weight is 656 g/mol. The number of benzene rings is 1. The zero-order valence-corrected chi connectivity index (χ0v) is 25.4. The van der Waals surface area contributed by atoms with Crippen molar-refractivity contribution in [2.24, 2.45) is 4.99 Å². The zero-order chi connectivity index (χ0) is 24.7. The van der Waals surface area contributed by atoms with Gasteiger partial charge in [-0.05, 0) is 67.9 Å². The topological polar surface area (TPSA) is 87.5 Å². The summed E-state index contributed by atoms with van der Waals surface area (Å²) in [5, 5.41) is 13.1. The number of fused-ring (bicyclic) bond motifs is 2. The molecule has 1 aromatic rings. The van der Waals surface area contributed by atoms with E-state index in [1.54, 1.807) is 0 Å². The van der Waals surface area contributed by atoms with Gasteiger partial charge in [0.15, 0.2) is 5.78 Å². The third kappa shape index (κ3) is 8.72. The Bertz CT molecular complexity index is 936. The van der Waals surface area contributed by atoms with E-state index < -0.39 is 0 Å². The Balaban J connectivity index is 0.00000324. The van der Waals surface area contributed by atoms with Crippen molar-refractivity contribution in [3.05, 3.63) is 39.4 Å². The first-order valence-electron chi connectivity index (χ1n) is 12.0. The van der Waals surface area contributed by atoms with Gasteiger partial charge in [-0.15, -0.1) is 0 Å². The number of ketones is 1. The van der Waals surface area contributed by atoms with Crippen LogP contribution in [-0.2, 0) is 55.6 Å². The van der Waals surface area contributed by atoms with Gasteiger partial charge in [0.1, 0.15) is 0 Å².